The minimum Gasteiger partial charge on any atom is -0.508 e. The van der Waals surface area contributed by atoms with Crippen LogP contribution in [0.1, 0.15) is 168 Å². The number of aromatic hydroxyl groups is 1. The molecule has 2 aliphatic heterocycles. The Labute approximate surface area is 780 Å². The van der Waals surface area contributed by atoms with E-state index in [4.69, 9.17) is 11.5 Å². The van der Waals surface area contributed by atoms with Gasteiger partial charge in [-0.05, 0) is 132 Å². The van der Waals surface area contributed by atoms with Crippen LogP contribution in [0.4, 0.5) is 0 Å². The lowest BCUT2D eigenvalue weighted by Gasteiger charge is -2.31. The number of aliphatic carboxylic acids is 6. The van der Waals surface area contributed by atoms with E-state index in [0.717, 1.165) is 13.8 Å². The summed E-state index contributed by atoms with van der Waals surface area (Å²) in [6.45, 7) is 9.06. The number of phenolic OH excluding ortho intramolecular Hbond substituents is 1. The number of hydrogen-bond donors (Lipinski definition) is 23. The lowest BCUT2D eigenvalue weighted by Crippen LogP contribution is -2.60. The molecule has 25 N–H and O–H groups in total. The highest BCUT2D eigenvalue weighted by atomic mass is 16.4. The van der Waals surface area contributed by atoms with E-state index in [9.17, 15) is 146 Å². The van der Waals surface area contributed by atoms with Gasteiger partial charge in [0, 0.05) is 51.6 Å². The molecule has 0 spiro atoms. The first-order chi connectivity index (χ1) is 64.0. The van der Waals surface area contributed by atoms with Crippen molar-refractivity contribution in [2.45, 2.75) is 267 Å². The van der Waals surface area contributed by atoms with E-state index in [1.165, 1.54) is 28.9 Å². The monoisotopic (exact) mass is 1910 g/mol. The second-order valence-electron chi connectivity index (χ2n) is 33.9. The number of rotatable bonds is 57. The molecule has 2 aliphatic rings. The Hall–Kier alpha value is -14.8. The minimum atomic E-state index is -2.23. The summed E-state index contributed by atoms with van der Waals surface area (Å²) < 4.78 is 0. The SMILES string of the molecule is CC(C)C[C@H](NC(=O)[C@H](CCC(=O)O)NC(=O)[C@H](CC(=O)O)NC(=O)[C@H](CCC(=O)O)NC(=O)[C@H](C)NC(=O)CNC(=O)[C@H](CC(N)=O)NC(=O)[C@@H]1CCCN1C(=O)[C@@H](N)Cc1ccc(O)cc1)C(=O)N[C@@H](C)C(=O)N[C@@H](CCC(=O)O)C(=O)N[C@@H](C)C(=O)N[C@@H](Cc1ccccc1)C(=O)N1CCC[C@H]1C(=O)N[C@@H](CC(C)C)C(=O)N[C@@H](CCC(=O)O)C(=O)N[C@@H](Cc1ccccc1)C(=O)O. The summed E-state index contributed by atoms with van der Waals surface area (Å²) in [4.78, 5) is 310. The number of carboxylic acids is 6. The van der Waals surface area contributed by atoms with E-state index < -0.39 is 310 Å². The van der Waals surface area contributed by atoms with Crippen molar-refractivity contribution in [3.8, 4) is 5.75 Å². The highest BCUT2D eigenvalue weighted by Gasteiger charge is 2.44. The predicted molar refractivity (Wildman–Crippen MR) is 475 cm³/mol. The maximum absolute atomic E-state index is 14.9. The number of hydrogen-bond acceptors (Lipinski definition) is 25. The Kier molecular flexibility index (Phi) is 45.2. The number of carbonyl (C=O) groups excluding carboxylic acids is 17. The Bertz CT molecular complexity index is 4790. The van der Waals surface area contributed by atoms with Crippen LogP contribution in [-0.4, -0.2) is 298 Å². The van der Waals surface area contributed by atoms with E-state index in [1.54, 1.807) is 100 Å². The number of likely N-dealkylation sites (tertiary alicyclic amines) is 2. The van der Waals surface area contributed by atoms with Gasteiger partial charge in [-0.2, -0.15) is 0 Å². The molecular weight excluding hydrogens is 1790 g/mol. The van der Waals surface area contributed by atoms with Gasteiger partial charge in [0.25, 0.3) is 0 Å². The first-order valence-electron chi connectivity index (χ1n) is 44.0. The Balaban J connectivity index is 1.24. The van der Waals surface area contributed by atoms with E-state index >= 15 is 0 Å². The molecule has 17 amide bonds. The first kappa shape index (κ1) is 112. The number of benzene rings is 3. The van der Waals surface area contributed by atoms with Crippen LogP contribution in [0.5, 0.6) is 5.75 Å². The molecule has 2 saturated heterocycles. The summed E-state index contributed by atoms with van der Waals surface area (Å²) >= 11 is 0. The van der Waals surface area contributed by atoms with Crippen LogP contribution in [0, 0.1) is 11.8 Å². The first-order valence-corrected chi connectivity index (χ1v) is 44.0. The van der Waals surface area contributed by atoms with Crippen molar-refractivity contribution in [3.05, 3.63) is 102 Å². The standard InChI is InChI=1S/C88H122N18O30/c1-44(2)36-58(99-79(126)56(28-32-70(114)115)98-83(130)61(42-72(118)119)100-78(125)55(27-31-69(112)113)96-73(120)46(5)92-67(109)43-91-76(123)60(41-66(90)108)102-84(131)64-20-14-34-105(64)86(133)53(89)38-51-22-24-52(107)25-23-51)81(128)94-47(6)74(121)95-54(26-30-68(110)111)77(124)93-48(7)75(122)103-62(39-49-16-10-8-11-17-49)87(134)106-35-15-21-65(106)85(132)101-59(37-45(3)4)82(129)97-57(29-33-71(116)117)80(127)104-63(88(135)136)40-50-18-12-9-13-19-50/h8-13,16-19,22-25,44-48,53-65,107H,14-15,20-21,26-43,89H2,1-7H3,(H2,90,108)(H,91,123)(H,92,109)(H,93,124)(H,94,128)(H,95,121)(H,96,120)(H,97,129)(H,98,130)(H,99,126)(H,100,125)(H,101,132)(H,102,131)(H,103,122)(H,104,127)(H,110,111)(H,112,113)(H,114,115)(H,116,117)(H,118,119)(H,135,136)/t46-,47-,48-,53-,54-,55-,56-,57-,58-,59-,60-,61-,62-,63-,64-,65-/m0/s1. The molecule has 0 bridgehead atoms. The molecule has 136 heavy (non-hydrogen) atoms. The maximum Gasteiger partial charge on any atom is 0.326 e. The topological polar surface area (TPSA) is 761 Å². The summed E-state index contributed by atoms with van der Waals surface area (Å²) in [7, 11) is 0. The van der Waals surface area contributed by atoms with Gasteiger partial charge in [-0.15, -0.1) is 0 Å². The zero-order valence-corrected chi connectivity index (χ0v) is 76.1. The third kappa shape index (κ3) is 38.4. The Morgan fingerprint density at radius 1 is 0.346 bits per heavy atom. The molecular formula is C88H122N18O30. The molecule has 2 fully saturated rings. The predicted octanol–water partition coefficient (Wildman–Crippen LogP) is -4.81. The third-order valence-corrected chi connectivity index (χ3v) is 21.7. The van der Waals surface area contributed by atoms with Gasteiger partial charge >= 0.3 is 35.8 Å². The van der Waals surface area contributed by atoms with E-state index in [1.807, 2.05) is 0 Å². The van der Waals surface area contributed by atoms with Crippen LogP contribution in [0.2, 0.25) is 0 Å². The van der Waals surface area contributed by atoms with Crippen LogP contribution >= 0.6 is 0 Å². The lowest BCUT2D eigenvalue weighted by atomic mass is 10.0. The Morgan fingerprint density at radius 2 is 0.669 bits per heavy atom. The van der Waals surface area contributed by atoms with Crippen molar-refractivity contribution >= 4 is 136 Å². The number of nitrogens with one attached hydrogen (secondary N) is 14. The molecule has 3 aromatic rings. The minimum absolute atomic E-state index is 0.0220. The molecule has 0 unspecified atom stereocenters. The van der Waals surface area contributed by atoms with Crippen molar-refractivity contribution in [1.82, 2.24) is 84.2 Å². The molecule has 0 aromatic heterocycles. The van der Waals surface area contributed by atoms with Crippen molar-refractivity contribution in [3.63, 3.8) is 0 Å². The number of carbonyl (C=O) groups is 23. The lowest BCUT2D eigenvalue weighted by molar-refractivity contribution is -0.143. The van der Waals surface area contributed by atoms with Gasteiger partial charge in [-0.3, -0.25) is 105 Å². The molecule has 2 heterocycles. The third-order valence-electron chi connectivity index (χ3n) is 21.7. The van der Waals surface area contributed by atoms with Crippen LogP contribution < -0.4 is 85.9 Å². The van der Waals surface area contributed by atoms with Gasteiger partial charge in [0.2, 0.25) is 100 Å². The van der Waals surface area contributed by atoms with E-state index in [-0.39, 0.29) is 76.1 Å². The van der Waals surface area contributed by atoms with Crippen molar-refractivity contribution < 1.29 is 146 Å². The zero-order valence-electron chi connectivity index (χ0n) is 76.1. The summed E-state index contributed by atoms with van der Waals surface area (Å²) in [5, 5.41) is 101. The number of nitrogens with two attached hydrogens (primary N) is 2. The molecule has 48 nitrogen and oxygen atoms in total. The summed E-state index contributed by atoms with van der Waals surface area (Å²) in [5.41, 5.74) is 13.2. The summed E-state index contributed by atoms with van der Waals surface area (Å²) in [6.07, 6.45) is -7.90. The van der Waals surface area contributed by atoms with Gasteiger partial charge in [-0.25, -0.2) is 4.79 Å². The highest BCUT2D eigenvalue weighted by molar-refractivity contribution is 6.02. The number of amides is 17. The second kappa shape index (κ2) is 55.0. The van der Waals surface area contributed by atoms with Crippen LogP contribution in [0.25, 0.3) is 0 Å². The highest BCUT2D eigenvalue weighted by Crippen LogP contribution is 2.24. The zero-order chi connectivity index (χ0) is 101. The van der Waals surface area contributed by atoms with Gasteiger partial charge in [0.1, 0.15) is 96.4 Å². The van der Waals surface area contributed by atoms with E-state index in [0.29, 0.717) is 23.1 Å². The van der Waals surface area contributed by atoms with Gasteiger partial charge in [0.15, 0.2) is 0 Å². The molecule has 0 radical (unpaired) electrons. The van der Waals surface area contributed by atoms with Crippen LogP contribution in [0.15, 0.2) is 84.9 Å². The van der Waals surface area contributed by atoms with E-state index in [2.05, 4.69) is 74.4 Å². The summed E-state index contributed by atoms with van der Waals surface area (Å²) in [5.74, 6) is -28.3. The van der Waals surface area contributed by atoms with Gasteiger partial charge in [0.05, 0.1) is 25.4 Å². The molecule has 0 saturated carbocycles. The normalized spacial score (nSPS) is 16.4. The largest absolute Gasteiger partial charge is 0.508 e. The fraction of sp³-hybridized carbons (Fsp3) is 0.534. The van der Waals surface area contributed by atoms with Crippen LogP contribution in [0.3, 0.4) is 0 Å². The van der Waals surface area contributed by atoms with Gasteiger partial charge < -0.3 is 131 Å². The number of primary amides is 1. The average molecular weight is 1910 g/mol. The quantitative estimate of drug-likeness (QED) is 0.0252. The molecule has 5 rings (SSSR count). The summed E-state index contributed by atoms with van der Waals surface area (Å²) in [6, 6.07) is -3.48. The molecule has 3 aromatic carbocycles. The average Bonchev–Trinajstić information content (AvgIpc) is 1.62. The van der Waals surface area contributed by atoms with Crippen molar-refractivity contribution in [1.29, 1.82) is 0 Å². The fourth-order valence-corrected chi connectivity index (χ4v) is 14.6. The number of nitrogens with zero attached hydrogens (tertiary/aromatic N) is 2. The molecule has 48 heteroatoms. The smallest absolute Gasteiger partial charge is 0.326 e. The van der Waals surface area contributed by atoms with Gasteiger partial charge in [-0.1, -0.05) is 100 Å². The fourth-order valence-electron chi connectivity index (χ4n) is 14.6. The molecule has 744 valence electrons. The van der Waals surface area contributed by atoms with Crippen molar-refractivity contribution in [2.24, 2.45) is 23.3 Å². The number of phenols is 1. The maximum atomic E-state index is 14.9. The number of carboxylic acid groups (broad SMARTS) is 6. The molecule has 16 atom stereocenters. The van der Waals surface area contributed by atoms with Crippen molar-refractivity contribution in [2.75, 3.05) is 19.6 Å². The molecule has 0 aliphatic carbocycles. The Morgan fingerprint density at radius 3 is 1.07 bits per heavy atom. The second-order valence-corrected chi connectivity index (χ2v) is 33.9. The van der Waals surface area contributed by atoms with Crippen LogP contribution in [-0.2, 0) is 130 Å².